The van der Waals surface area contributed by atoms with Crippen molar-refractivity contribution in [2.24, 2.45) is 0 Å². The van der Waals surface area contributed by atoms with Gasteiger partial charge in [0, 0.05) is 23.0 Å². The Kier molecular flexibility index (Phi) is 6.11. The van der Waals surface area contributed by atoms with Crippen LogP contribution in [0.25, 0.3) is 0 Å². The van der Waals surface area contributed by atoms with E-state index in [4.69, 9.17) is 16.3 Å². The number of amides is 1. The van der Waals surface area contributed by atoms with Crippen molar-refractivity contribution >= 4 is 34.8 Å². The van der Waals surface area contributed by atoms with Crippen molar-refractivity contribution in [3.63, 3.8) is 0 Å². The Balaban J connectivity index is 1.82. The number of carbonyl (C=O) groups excluding carboxylic acids is 1. The molecule has 3 aromatic rings. The minimum atomic E-state index is -0.366. The zero-order chi connectivity index (χ0) is 20.1. The first-order valence-corrected chi connectivity index (χ1v) is 9.23. The van der Waals surface area contributed by atoms with Crippen molar-refractivity contribution in [3.8, 4) is 5.75 Å². The number of methoxy groups -OCH3 is 1. The molecule has 3 rings (SSSR count). The van der Waals surface area contributed by atoms with Crippen LogP contribution in [0.3, 0.4) is 0 Å². The maximum atomic E-state index is 12.7. The zero-order valence-electron chi connectivity index (χ0n) is 15.9. The number of nitrogens with one attached hydrogen (secondary N) is 2. The lowest BCUT2D eigenvalue weighted by Gasteiger charge is -2.13. The highest BCUT2D eigenvalue weighted by Gasteiger charge is 2.14. The topological polar surface area (TPSA) is 76.1 Å². The number of hydrogen-bond donors (Lipinski definition) is 2. The molecule has 7 heteroatoms. The molecule has 0 spiro atoms. The molecule has 144 valence electrons. The monoisotopic (exact) mass is 396 g/mol. The summed E-state index contributed by atoms with van der Waals surface area (Å²) in [6.45, 7) is 3.93. The SMILES string of the molecule is CCc1ccccc1Nc1nccc(C(=O)Nc2cc(C)c(Cl)cc2OC)n1. The fourth-order valence-electron chi connectivity index (χ4n) is 2.73. The Hall–Kier alpha value is -3.12. The van der Waals surface area contributed by atoms with Crippen molar-refractivity contribution in [3.05, 3.63) is 70.5 Å². The quantitative estimate of drug-likeness (QED) is 0.612. The number of nitrogens with zero attached hydrogens (tertiary/aromatic N) is 2. The molecule has 0 radical (unpaired) electrons. The van der Waals surface area contributed by atoms with Crippen molar-refractivity contribution in [2.45, 2.75) is 20.3 Å². The molecule has 0 aliphatic rings. The maximum Gasteiger partial charge on any atom is 0.274 e. The molecule has 0 atom stereocenters. The van der Waals surface area contributed by atoms with Gasteiger partial charge in [-0.3, -0.25) is 4.79 Å². The Morgan fingerprint density at radius 3 is 2.71 bits per heavy atom. The average Bonchev–Trinajstić information content (AvgIpc) is 2.71. The Morgan fingerprint density at radius 2 is 1.96 bits per heavy atom. The largest absolute Gasteiger partial charge is 0.495 e. The van der Waals surface area contributed by atoms with Crippen LogP contribution in [0.4, 0.5) is 17.3 Å². The van der Waals surface area contributed by atoms with Gasteiger partial charge in [0.1, 0.15) is 11.4 Å². The van der Waals surface area contributed by atoms with Crippen LogP contribution in [0.1, 0.15) is 28.5 Å². The number of benzene rings is 2. The third-order valence-electron chi connectivity index (χ3n) is 4.26. The number of rotatable bonds is 6. The number of halogens is 1. The second-order valence-electron chi connectivity index (χ2n) is 6.16. The molecule has 0 aliphatic carbocycles. The van der Waals surface area contributed by atoms with Gasteiger partial charge in [0.05, 0.1) is 12.8 Å². The van der Waals surface area contributed by atoms with Crippen molar-refractivity contribution in [1.29, 1.82) is 0 Å². The highest BCUT2D eigenvalue weighted by molar-refractivity contribution is 6.31. The number of aromatic nitrogens is 2. The highest BCUT2D eigenvalue weighted by Crippen LogP contribution is 2.31. The predicted molar refractivity (Wildman–Crippen MR) is 112 cm³/mol. The summed E-state index contributed by atoms with van der Waals surface area (Å²) in [5.74, 6) is 0.468. The van der Waals surface area contributed by atoms with E-state index in [1.54, 1.807) is 24.4 Å². The number of anilines is 3. The Bertz CT molecular complexity index is 1010. The third-order valence-corrected chi connectivity index (χ3v) is 4.67. The van der Waals surface area contributed by atoms with Crippen LogP contribution in [-0.4, -0.2) is 23.0 Å². The van der Waals surface area contributed by atoms with E-state index in [-0.39, 0.29) is 11.6 Å². The maximum absolute atomic E-state index is 12.7. The van der Waals surface area contributed by atoms with Gasteiger partial charge in [-0.2, -0.15) is 0 Å². The number of hydrogen-bond acceptors (Lipinski definition) is 5. The van der Waals surface area contributed by atoms with Gasteiger partial charge in [0.15, 0.2) is 0 Å². The molecule has 2 N–H and O–H groups in total. The van der Waals surface area contributed by atoms with E-state index in [0.717, 1.165) is 23.2 Å². The van der Waals surface area contributed by atoms with Gasteiger partial charge >= 0.3 is 0 Å². The second kappa shape index (κ2) is 8.71. The van der Waals surface area contributed by atoms with Gasteiger partial charge in [0.25, 0.3) is 5.91 Å². The summed E-state index contributed by atoms with van der Waals surface area (Å²) in [5.41, 5.74) is 3.65. The van der Waals surface area contributed by atoms with E-state index in [0.29, 0.717) is 22.4 Å². The molecule has 28 heavy (non-hydrogen) atoms. The molecular weight excluding hydrogens is 376 g/mol. The summed E-state index contributed by atoms with van der Waals surface area (Å²) >= 11 is 6.12. The lowest BCUT2D eigenvalue weighted by Crippen LogP contribution is -2.15. The summed E-state index contributed by atoms with van der Waals surface area (Å²) in [4.78, 5) is 21.2. The standard InChI is InChI=1S/C21H21ClN4O2/c1-4-14-7-5-6-8-16(14)25-21-23-10-9-17(26-21)20(27)24-18-11-13(2)15(22)12-19(18)28-3/h5-12H,4H2,1-3H3,(H,24,27)(H,23,25,26). The molecule has 0 saturated heterocycles. The minimum Gasteiger partial charge on any atom is -0.495 e. The van der Waals surface area contributed by atoms with Gasteiger partial charge in [0.2, 0.25) is 5.95 Å². The fraction of sp³-hybridized carbons (Fsp3) is 0.190. The minimum absolute atomic E-state index is 0.237. The Morgan fingerprint density at radius 1 is 1.18 bits per heavy atom. The van der Waals surface area contributed by atoms with Gasteiger partial charge in [-0.15, -0.1) is 0 Å². The van der Waals surface area contributed by atoms with E-state index in [2.05, 4.69) is 27.5 Å². The number of aryl methyl sites for hydroxylation is 2. The molecule has 0 aliphatic heterocycles. The van der Waals surface area contributed by atoms with Crippen LogP contribution in [0.15, 0.2) is 48.7 Å². The van der Waals surface area contributed by atoms with E-state index >= 15 is 0 Å². The first-order chi connectivity index (χ1) is 13.5. The lowest BCUT2D eigenvalue weighted by molar-refractivity contribution is 0.102. The third kappa shape index (κ3) is 4.40. The predicted octanol–water partition coefficient (Wildman–Crippen LogP) is 5.01. The molecule has 0 saturated carbocycles. The summed E-state index contributed by atoms with van der Waals surface area (Å²) in [5, 5.41) is 6.56. The van der Waals surface area contributed by atoms with E-state index in [9.17, 15) is 4.79 Å². The summed E-state index contributed by atoms with van der Waals surface area (Å²) in [7, 11) is 1.52. The second-order valence-corrected chi connectivity index (χ2v) is 6.56. The number of ether oxygens (including phenoxy) is 1. The summed E-state index contributed by atoms with van der Waals surface area (Å²) in [6.07, 6.45) is 2.42. The zero-order valence-corrected chi connectivity index (χ0v) is 16.7. The van der Waals surface area contributed by atoms with Crippen LogP contribution < -0.4 is 15.4 Å². The van der Waals surface area contributed by atoms with E-state index in [1.807, 2.05) is 31.2 Å². The highest BCUT2D eigenvalue weighted by atomic mass is 35.5. The van der Waals surface area contributed by atoms with Gasteiger partial charge in [-0.1, -0.05) is 36.7 Å². The van der Waals surface area contributed by atoms with Gasteiger partial charge in [-0.25, -0.2) is 9.97 Å². The molecule has 1 amide bonds. The molecule has 0 unspecified atom stereocenters. The number of para-hydroxylation sites is 1. The summed E-state index contributed by atoms with van der Waals surface area (Å²) in [6, 6.07) is 12.9. The van der Waals surface area contributed by atoms with Gasteiger partial charge < -0.3 is 15.4 Å². The smallest absolute Gasteiger partial charge is 0.274 e. The average molecular weight is 397 g/mol. The van der Waals surface area contributed by atoms with Crippen LogP contribution >= 0.6 is 11.6 Å². The van der Waals surface area contributed by atoms with Crippen LogP contribution in [0, 0.1) is 6.92 Å². The van der Waals surface area contributed by atoms with Crippen molar-refractivity contribution < 1.29 is 9.53 Å². The van der Waals surface area contributed by atoms with E-state index in [1.165, 1.54) is 7.11 Å². The lowest BCUT2D eigenvalue weighted by atomic mass is 10.1. The van der Waals surface area contributed by atoms with Crippen molar-refractivity contribution in [2.75, 3.05) is 17.7 Å². The van der Waals surface area contributed by atoms with Gasteiger partial charge in [-0.05, 0) is 42.7 Å². The molecular formula is C21H21ClN4O2. The van der Waals surface area contributed by atoms with E-state index < -0.39 is 0 Å². The molecule has 6 nitrogen and oxygen atoms in total. The fourth-order valence-corrected chi connectivity index (χ4v) is 2.89. The van der Waals surface area contributed by atoms with Crippen LogP contribution in [0.2, 0.25) is 5.02 Å². The molecule has 2 aromatic carbocycles. The van der Waals surface area contributed by atoms with Crippen LogP contribution in [0.5, 0.6) is 5.75 Å². The molecule has 1 heterocycles. The van der Waals surface area contributed by atoms with Crippen molar-refractivity contribution in [1.82, 2.24) is 9.97 Å². The first kappa shape index (κ1) is 19.6. The normalized spacial score (nSPS) is 10.4. The molecule has 0 fully saturated rings. The van der Waals surface area contributed by atoms with Crippen LogP contribution in [-0.2, 0) is 6.42 Å². The molecule has 0 bridgehead atoms. The molecule has 1 aromatic heterocycles. The first-order valence-electron chi connectivity index (χ1n) is 8.85. The summed E-state index contributed by atoms with van der Waals surface area (Å²) < 4.78 is 5.30. The number of carbonyl (C=O) groups is 1. The Labute approximate surface area is 168 Å².